The molecule has 0 bridgehead atoms. The summed E-state index contributed by atoms with van der Waals surface area (Å²) in [5.74, 6) is 0. The lowest BCUT2D eigenvalue weighted by Crippen LogP contribution is -2.28. The van der Waals surface area contributed by atoms with E-state index in [0.717, 1.165) is 33.6 Å². The number of fused-ring (bicyclic) bond motifs is 1. The number of rotatable bonds is 3. The Kier molecular flexibility index (Phi) is 4.65. The van der Waals surface area contributed by atoms with Crippen LogP contribution in [0.1, 0.15) is 5.56 Å². The zero-order valence-corrected chi connectivity index (χ0v) is 14.1. The first-order chi connectivity index (χ1) is 11.7. The monoisotopic (exact) mass is 352 g/mol. The fraction of sp³-hybridized carbons (Fsp3) is 0.0526. The molecule has 6 heteroatoms. The van der Waals surface area contributed by atoms with Crippen LogP contribution in [0.2, 0.25) is 0 Å². The molecular weight excluding hydrogens is 336 g/mol. The van der Waals surface area contributed by atoms with Crippen molar-refractivity contribution in [1.82, 2.24) is 8.52 Å². The molecule has 0 radical (unpaired) electrons. The molecule has 4 aromatic rings. The predicted molar refractivity (Wildman–Crippen MR) is 101 cm³/mol. The van der Waals surface area contributed by atoms with Gasteiger partial charge in [-0.1, -0.05) is 66.7 Å². The maximum absolute atomic E-state index is 12.8. The van der Waals surface area contributed by atoms with Crippen LogP contribution in [0, 0.1) is 0 Å². The zero-order valence-electron chi connectivity index (χ0n) is 13.3. The summed E-state index contributed by atoms with van der Waals surface area (Å²) in [7, 11) is 0. The minimum Gasteiger partial charge on any atom is -0.412 e. The SMILES string of the molecule is O.O=c1sn(-c2cccc3ccccc23)c(=O)n1Cc1ccccc1. The molecule has 3 aromatic carbocycles. The van der Waals surface area contributed by atoms with Crippen LogP contribution >= 0.6 is 11.5 Å². The number of nitrogens with zero attached hydrogens (tertiary/aromatic N) is 2. The van der Waals surface area contributed by atoms with Gasteiger partial charge in [-0.25, -0.2) is 13.3 Å². The first-order valence-corrected chi connectivity index (χ1v) is 8.36. The number of benzene rings is 3. The second-order valence-corrected chi connectivity index (χ2v) is 6.40. The molecule has 0 saturated carbocycles. The second kappa shape index (κ2) is 6.88. The van der Waals surface area contributed by atoms with E-state index in [-0.39, 0.29) is 22.6 Å². The van der Waals surface area contributed by atoms with Crippen LogP contribution in [0.15, 0.2) is 82.4 Å². The van der Waals surface area contributed by atoms with Crippen molar-refractivity contribution in [2.45, 2.75) is 6.54 Å². The molecule has 0 saturated heterocycles. The molecule has 0 atom stereocenters. The van der Waals surface area contributed by atoms with Crippen molar-refractivity contribution >= 4 is 22.3 Å². The normalized spacial score (nSPS) is 10.6. The minimum atomic E-state index is -0.301. The summed E-state index contributed by atoms with van der Waals surface area (Å²) in [5, 5.41) is 1.99. The van der Waals surface area contributed by atoms with E-state index in [1.807, 2.05) is 72.8 Å². The molecule has 0 aliphatic heterocycles. The third-order valence-electron chi connectivity index (χ3n) is 3.96. The van der Waals surface area contributed by atoms with Crippen LogP contribution in [0.5, 0.6) is 0 Å². The standard InChI is InChI=1S/C19H14N2O2S.H2O/c22-18-20(13-14-7-2-1-3-8-14)19(23)24-21(18)17-12-6-10-15-9-4-5-11-16(15)17;/h1-12H,13H2;1H2. The average Bonchev–Trinajstić information content (AvgIpc) is 2.90. The minimum absolute atomic E-state index is 0. The summed E-state index contributed by atoms with van der Waals surface area (Å²) in [6.07, 6.45) is 0. The fourth-order valence-corrected chi connectivity index (χ4v) is 3.62. The Balaban J connectivity index is 0.00000182. The van der Waals surface area contributed by atoms with E-state index in [4.69, 9.17) is 0 Å². The molecule has 25 heavy (non-hydrogen) atoms. The van der Waals surface area contributed by atoms with Crippen LogP contribution in [0.25, 0.3) is 16.5 Å². The molecular formula is C19H16N2O3S. The Morgan fingerprint density at radius 1 is 0.800 bits per heavy atom. The van der Waals surface area contributed by atoms with Crippen molar-refractivity contribution in [1.29, 1.82) is 0 Å². The molecule has 0 amide bonds. The van der Waals surface area contributed by atoms with E-state index in [9.17, 15) is 9.59 Å². The lowest BCUT2D eigenvalue weighted by Gasteiger charge is -2.05. The smallest absolute Gasteiger partial charge is 0.346 e. The third-order valence-corrected chi connectivity index (χ3v) is 4.88. The molecule has 0 fully saturated rings. The van der Waals surface area contributed by atoms with Gasteiger partial charge in [-0.2, -0.15) is 0 Å². The quantitative estimate of drug-likeness (QED) is 0.568. The summed E-state index contributed by atoms with van der Waals surface area (Å²) in [5.41, 5.74) is 1.37. The van der Waals surface area contributed by atoms with Crippen molar-refractivity contribution in [2.75, 3.05) is 0 Å². The first kappa shape index (κ1) is 16.9. The van der Waals surface area contributed by atoms with Crippen molar-refractivity contribution in [3.05, 3.63) is 98.5 Å². The maximum Gasteiger partial charge on any atom is 0.346 e. The highest BCUT2D eigenvalue weighted by Gasteiger charge is 2.13. The molecule has 0 unspecified atom stereocenters. The van der Waals surface area contributed by atoms with Gasteiger partial charge in [0.05, 0.1) is 12.2 Å². The largest absolute Gasteiger partial charge is 0.412 e. The Morgan fingerprint density at radius 2 is 1.48 bits per heavy atom. The van der Waals surface area contributed by atoms with Gasteiger partial charge in [0.15, 0.2) is 0 Å². The summed E-state index contributed by atoms with van der Waals surface area (Å²) < 4.78 is 2.76. The fourth-order valence-electron chi connectivity index (χ4n) is 2.79. The van der Waals surface area contributed by atoms with E-state index < -0.39 is 0 Å². The van der Waals surface area contributed by atoms with Crippen LogP contribution in [0.3, 0.4) is 0 Å². The van der Waals surface area contributed by atoms with E-state index in [1.165, 1.54) is 8.52 Å². The van der Waals surface area contributed by atoms with Gasteiger partial charge in [-0.3, -0.25) is 4.79 Å². The number of hydrogen-bond acceptors (Lipinski definition) is 3. The van der Waals surface area contributed by atoms with E-state index in [1.54, 1.807) is 0 Å². The predicted octanol–water partition coefficient (Wildman–Crippen LogP) is 2.44. The maximum atomic E-state index is 12.8. The van der Waals surface area contributed by atoms with Gasteiger partial charge in [-0.05, 0) is 17.0 Å². The molecule has 1 aromatic heterocycles. The van der Waals surface area contributed by atoms with E-state index in [0.29, 0.717) is 0 Å². The van der Waals surface area contributed by atoms with Gasteiger partial charge in [0.25, 0.3) is 0 Å². The number of aromatic nitrogens is 2. The van der Waals surface area contributed by atoms with Crippen LogP contribution in [-0.2, 0) is 6.54 Å². The van der Waals surface area contributed by atoms with Gasteiger partial charge < -0.3 is 5.48 Å². The molecule has 0 aliphatic carbocycles. The van der Waals surface area contributed by atoms with E-state index in [2.05, 4.69) is 0 Å². The highest BCUT2D eigenvalue weighted by Crippen LogP contribution is 2.21. The first-order valence-electron chi connectivity index (χ1n) is 7.59. The van der Waals surface area contributed by atoms with Gasteiger partial charge in [0.1, 0.15) is 0 Å². The summed E-state index contributed by atoms with van der Waals surface area (Å²) in [4.78, 5) is 24.9. The van der Waals surface area contributed by atoms with Crippen LogP contribution in [0.4, 0.5) is 0 Å². The van der Waals surface area contributed by atoms with Crippen LogP contribution in [-0.4, -0.2) is 14.0 Å². The van der Waals surface area contributed by atoms with E-state index >= 15 is 0 Å². The summed E-state index contributed by atoms with van der Waals surface area (Å²) >= 11 is 0.940. The highest BCUT2D eigenvalue weighted by molar-refractivity contribution is 7.04. The van der Waals surface area contributed by atoms with Gasteiger partial charge in [0.2, 0.25) is 0 Å². The van der Waals surface area contributed by atoms with Crippen molar-refractivity contribution in [3.63, 3.8) is 0 Å². The van der Waals surface area contributed by atoms with Gasteiger partial charge >= 0.3 is 10.6 Å². The molecule has 5 nitrogen and oxygen atoms in total. The Labute approximate surface area is 147 Å². The molecule has 0 aliphatic rings. The van der Waals surface area contributed by atoms with Crippen molar-refractivity contribution < 1.29 is 5.48 Å². The lowest BCUT2D eigenvalue weighted by atomic mass is 10.1. The Bertz CT molecular complexity index is 1120. The third kappa shape index (κ3) is 3.05. The zero-order chi connectivity index (χ0) is 16.5. The Hall–Kier alpha value is -2.96. The summed E-state index contributed by atoms with van der Waals surface area (Å²) in [6.45, 7) is 0.284. The molecule has 2 N–H and O–H groups in total. The Morgan fingerprint density at radius 3 is 2.28 bits per heavy atom. The lowest BCUT2D eigenvalue weighted by molar-refractivity contribution is 0.723. The molecule has 1 heterocycles. The summed E-state index contributed by atoms with van der Waals surface area (Å²) in [6, 6.07) is 23.1. The average molecular weight is 352 g/mol. The highest BCUT2D eigenvalue weighted by atomic mass is 32.1. The van der Waals surface area contributed by atoms with Gasteiger partial charge in [0, 0.05) is 16.9 Å². The molecule has 4 rings (SSSR count). The molecule has 0 spiro atoms. The molecule has 126 valence electrons. The van der Waals surface area contributed by atoms with Crippen LogP contribution < -0.4 is 10.6 Å². The topological polar surface area (TPSA) is 75.5 Å². The van der Waals surface area contributed by atoms with Gasteiger partial charge in [-0.15, -0.1) is 0 Å². The van der Waals surface area contributed by atoms with Crippen molar-refractivity contribution in [2.24, 2.45) is 0 Å². The second-order valence-electron chi connectivity index (χ2n) is 5.50. The number of hydrogen-bond donors (Lipinski definition) is 0. The van der Waals surface area contributed by atoms with Crippen molar-refractivity contribution in [3.8, 4) is 5.69 Å².